The molecule has 0 spiro atoms. The molecule has 0 aliphatic rings. The fourth-order valence-corrected chi connectivity index (χ4v) is 0.649. The van der Waals surface area contributed by atoms with Gasteiger partial charge in [0.1, 0.15) is 0 Å². The molecule has 0 atom stereocenters. The first-order chi connectivity index (χ1) is 7.16. The van der Waals surface area contributed by atoms with Crippen LogP contribution in [0.1, 0.15) is 21.1 Å². The molecule has 0 saturated carbocycles. The second-order valence-corrected chi connectivity index (χ2v) is 2.54. The Morgan fingerprint density at radius 3 is 2.71 bits per heavy atom. The zero-order valence-corrected chi connectivity index (χ0v) is 8.23. The molecule has 0 aliphatic heterocycles. The second-order valence-electron chi connectivity index (χ2n) is 2.54. The van der Waals surface area contributed by atoms with Gasteiger partial charge in [0.05, 0.1) is 1.37 Å². The topological polar surface area (TPSA) is 62.2 Å². The Morgan fingerprint density at radius 2 is 2.36 bits per heavy atom. The number of nitrogens with one attached hydrogen (secondary N) is 1. The SMILES string of the molecule is CCCCNC(=O)O.[2H]c1ccccn1. The minimum Gasteiger partial charge on any atom is -0.465 e. The average Bonchev–Trinajstić information content (AvgIpc) is 2.20. The molecule has 1 aromatic heterocycles. The van der Waals surface area contributed by atoms with Gasteiger partial charge in [-0.05, 0) is 18.6 Å². The molecule has 0 fully saturated rings. The molecule has 1 aromatic rings. The summed E-state index contributed by atoms with van der Waals surface area (Å²) in [5.41, 5.74) is 0. The third kappa shape index (κ3) is 10.4. The fraction of sp³-hybridized carbons (Fsp3) is 0.400. The Labute approximate surface area is 85.4 Å². The zero-order chi connectivity index (χ0) is 11.5. The molecule has 0 radical (unpaired) electrons. The molecule has 0 aromatic carbocycles. The van der Waals surface area contributed by atoms with Gasteiger partial charge in [0, 0.05) is 18.9 Å². The number of unbranched alkanes of at least 4 members (excludes halogenated alkanes) is 1. The van der Waals surface area contributed by atoms with Crippen LogP contribution in [0.2, 0.25) is 0 Å². The van der Waals surface area contributed by atoms with E-state index >= 15 is 0 Å². The monoisotopic (exact) mass is 197 g/mol. The number of amides is 1. The van der Waals surface area contributed by atoms with E-state index in [1.807, 2.05) is 6.92 Å². The van der Waals surface area contributed by atoms with Crippen molar-refractivity contribution in [2.45, 2.75) is 19.8 Å². The highest BCUT2D eigenvalue weighted by Gasteiger charge is 1.88. The molecular weight excluding hydrogens is 180 g/mol. The number of hydrogen-bond donors (Lipinski definition) is 2. The lowest BCUT2D eigenvalue weighted by molar-refractivity contribution is 0.194. The molecule has 2 N–H and O–H groups in total. The summed E-state index contributed by atoms with van der Waals surface area (Å²) in [5.74, 6) is 0. The Morgan fingerprint density at radius 1 is 1.57 bits per heavy atom. The predicted molar refractivity (Wildman–Crippen MR) is 55.2 cm³/mol. The number of carbonyl (C=O) groups is 1. The number of nitrogens with zero attached hydrogens (tertiary/aromatic N) is 1. The third-order valence-corrected chi connectivity index (χ3v) is 1.32. The maximum absolute atomic E-state index is 9.76. The molecule has 1 amide bonds. The number of hydrogen-bond acceptors (Lipinski definition) is 2. The van der Waals surface area contributed by atoms with Crippen molar-refractivity contribution in [2.75, 3.05) is 6.54 Å². The minimum absolute atomic E-state index is 0.322. The highest BCUT2D eigenvalue weighted by Crippen LogP contribution is 1.80. The van der Waals surface area contributed by atoms with Crippen LogP contribution in [0.5, 0.6) is 0 Å². The molecule has 4 nitrogen and oxygen atoms in total. The van der Waals surface area contributed by atoms with Gasteiger partial charge in [-0.25, -0.2) is 4.79 Å². The quantitative estimate of drug-likeness (QED) is 0.730. The van der Waals surface area contributed by atoms with Crippen LogP contribution in [0.4, 0.5) is 4.79 Å². The Kier molecular flexibility index (Phi) is 7.13. The van der Waals surface area contributed by atoms with Gasteiger partial charge in [-0.3, -0.25) is 4.98 Å². The summed E-state index contributed by atoms with van der Waals surface area (Å²) in [5, 5.41) is 10.3. The summed E-state index contributed by atoms with van der Waals surface area (Å²) in [6, 6.07) is 5.22. The van der Waals surface area contributed by atoms with Gasteiger partial charge in [0.25, 0.3) is 0 Å². The van der Waals surface area contributed by atoms with E-state index in [9.17, 15) is 4.79 Å². The highest BCUT2D eigenvalue weighted by molar-refractivity contribution is 5.64. The number of pyridine rings is 1. The number of aromatic nitrogens is 1. The van der Waals surface area contributed by atoms with Crippen molar-refractivity contribution in [1.82, 2.24) is 10.3 Å². The molecule has 0 unspecified atom stereocenters. The van der Waals surface area contributed by atoms with Crippen molar-refractivity contribution < 1.29 is 11.3 Å². The average molecular weight is 197 g/mol. The maximum atomic E-state index is 9.76. The minimum atomic E-state index is -0.932. The van der Waals surface area contributed by atoms with E-state index in [4.69, 9.17) is 6.48 Å². The van der Waals surface area contributed by atoms with E-state index in [1.54, 1.807) is 24.4 Å². The van der Waals surface area contributed by atoms with Gasteiger partial charge in [-0.15, -0.1) is 0 Å². The molecule has 1 rings (SSSR count). The van der Waals surface area contributed by atoms with Crippen LogP contribution in [0.15, 0.2) is 30.6 Å². The standard InChI is InChI=1S/C5H11NO2.C5H5N/c1-2-3-4-6-5(7)8;1-2-4-6-5-3-1/h6H,2-4H2,1H3,(H,7,8);1-5H/i;4D. The normalized spacial score (nSPS) is 9.36. The van der Waals surface area contributed by atoms with Gasteiger partial charge < -0.3 is 10.4 Å². The van der Waals surface area contributed by atoms with E-state index in [-0.39, 0.29) is 0 Å². The predicted octanol–water partition coefficient (Wildman–Crippen LogP) is 2.14. The smallest absolute Gasteiger partial charge is 0.404 e. The Bertz CT molecular complexity index is 267. The van der Waals surface area contributed by atoms with Crippen LogP contribution in [-0.2, 0) is 0 Å². The van der Waals surface area contributed by atoms with Crippen LogP contribution in [0, 0.1) is 0 Å². The summed E-state index contributed by atoms with van der Waals surface area (Å²) in [7, 11) is 0. The van der Waals surface area contributed by atoms with Crippen molar-refractivity contribution in [3.8, 4) is 0 Å². The zero-order valence-electron chi connectivity index (χ0n) is 9.23. The molecule has 1 heterocycles. The summed E-state index contributed by atoms with van der Waals surface area (Å²) >= 11 is 0. The van der Waals surface area contributed by atoms with Crippen LogP contribution < -0.4 is 5.32 Å². The molecule has 78 valence electrons. The highest BCUT2D eigenvalue weighted by atomic mass is 16.4. The first kappa shape index (κ1) is 10.5. The van der Waals surface area contributed by atoms with Crippen molar-refractivity contribution in [1.29, 1.82) is 0 Å². The first-order valence-corrected chi connectivity index (χ1v) is 4.51. The summed E-state index contributed by atoms with van der Waals surface area (Å²) in [6.45, 7) is 2.59. The largest absolute Gasteiger partial charge is 0.465 e. The van der Waals surface area contributed by atoms with Crippen LogP contribution in [-0.4, -0.2) is 22.7 Å². The molecule has 0 bridgehead atoms. The van der Waals surface area contributed by atoms with Gasteiger partial charge in [-0.2, -0.15) is 0 Å². The van der Waals surface area contributed by atoms with Crippen molar-refractivity contribution in [3.05, 3.63) is 30.6 Å². The summed E-state index contributed by atoms with van der Waals surface area (Å²) in [4.78, 5) is 13.4. The third-order valence-electron chi connectivity index (χ3n) is 1.32. The maximum Gasteiger partial charge on any atom is 0.404 e. The molecule has 4 heteroatoms. The van der Waals surface area contributed by atoms with E-state index in [0.29, 0.717) is 12.7 Å². The lowest BCUT2D eigenvalue weighted by Gasteiger charge is -1.94. The number of rotatable bonds is 3. The lowest BCUT2D eigenvalue weighted by Crippen LogP contribution is -2.21. The Hall–Kier alpha value is -1.58. The van der Waals surface area contributed by atoms with Crippen LogP contribution in [0.25, 0.3) is 0 Å². The van der Waals surface area contributed by atoms with Gasteiger partial charge >= 0.3 is 6.09 Å². The summed E-state index contributed by atoms with van der Waals surface area (Å²) < 4.78 is 6.88. The van der Waals surface area contributed by atoms with E-state index in [0.717, 1.165) is 12.8 Å². The van der Waals surface area contributed by atoms with Gasteiger partial charge in [0.15, 0.2) is 0 Å². The van der Waals surface area contributed by atoms with Gasteiger partial charge in [-0.1, -0.05) is 19.4 Å². The van der Waals surface area contributed by atoms with E-state index in [2.05, 4.69) is 10.3 Å². The fourth-order valence-electron chi connectivity index (χ4n) is 0.649. The molecular formula is C10H16N2O2. The molecule has 14 heavy (non-hydrogen) atoms. The Balaban J connectivity index is 0.000000262. The van der Waals surface area contributed by atoms with Gasteiger partial charge in [0.2, 0.25) is 0 Å². The van der Waals surface area contributed by atoms with Crippen molar-refractivity contribution >= 4 is 6.09 Å². The molecule has 0 saturated heterocycles. The van der Waals surface area contributed by atoms with Crippen LogP contribution in [0.3, 0.4) is 0 Å². The summed E-state index contributed by atoms with van der Waals surface area (Å²) in [6.07, 6.45) is 2.94. The van der Waals surface area contributed by atoms with E-state index in [1.165, 1.54) is 0 Å². The van der Waals surface area contributed by atoms with Crippen LogP contribution >= 0.6 is 0 Å². The second kappa shape index (κ2) is 9.51. The van der Waals surface area contributed by atoms with E-state index < -0.39 is 6.09 Å². The first-order valence-electron chi connectivity index (χ1n) is 5.01. The lowest BCUT2D eigenvalue weighted by atomic mass is 10.3. The molecule has 0 aliphatic carbocycles. The van der Waals surface area contributed by atoms with Crippen molar-refractivity contribution in [3.63, 3.8) is 0 Å². The van der Waals surface area contributed by atoms with Crippen molar-refractivity contribution in [2.24, 2.45) is 0 Å². The number of carboxylic acid groups (broad SMARTS) is 1.